The maximum atomic E-state index is 13.1. The summed E-state index contributed by atoms with van der Waals surface area (Å²) >= 11 is 5.89. The van der Waals surface area contributed by atoms with Crippen molar-refractivity contribution in [3.8, 4) is 0 Å². The molecule has 7 heteroatoms. The highest BCUT2D eigenvalue weighted by Gasteiger charge is 2.52. The molecular formula is C19H35N5OS. The van der Waals surface area contributed by atoms with Crippen LogP contribution in [0.5, 0.6) is 0 Å². The molecule has 6 nitrogen and oxygen atoms in total. The van der Waals surface area contributed by atoms with Crippen molar-refractivity contribution in [2.75, 3.05) is 26.3 Å². The molecule has 0 radical (unpaired) electrons. The standard InChI is InChI=1S/C19H35N5OS/c1-5-11-22-17(25)15-9-7-8-10-16(15)24-18(22)20-23(19(24)26)13-21(6-2)12-14(3)4/h14-16,18,20H,5-13H2,1-4H3. The molecule has 1 saturated carbocycles. The van der Waals surface area contributed by atoms with Crippen LogP contribution in [0, 0.1) is 11.8 Å². The van der Waals surface area contributed by atoms with E-state index in [0.717, 1.165) is 57.1 Å². The predicted molar refractivity (Wildman–Crippen MR) is 108 cm³/mol. The van der Waals surface area contributed by atoms with Crippen molar-refractivity contribution >= 4 is 23.2 Å². The molecule has 0 spiro atoms. The van der Waals surface area contributed by atoms with E-state index < -0.39 is 0 Å². The normalized spacial score (nSPS) is 29.0. The molecule has 1 N–H and O–H groups in total. The lowest BCUT2D eigenvalue weighted by Crippen LogP contribution is -2.66. The van der Waals surface area contributed by atoms with Gasteiger partial charge in [-0.3, -0.25) is 14.7 Å². The number of hydrogen-bond donors (Lipinski definition) is 1. The molecule has 26 heavy (non-hydrogen) atoms. The van der Waals surface area contributed by atoms with Crippen LogP contribution < -0.4 is 5.43 Å². The first-order valence-corrected chi connectivity index (χ1v) is 10.8. The summed E-state index contributed by atoms with van der Waals surface area (Å²) in [7, 11) is 0. The topological polar surface area (TPSA) is 42.1 Å². The monoisotopic (exact) mass is 381 g/mol. The molecular weight excluding hydrogens is 346 g/mol. The number of carbonyl (C=O) groups is 1. The summed E-state index contributed by atoms with van der Waals surface area (Å²) < 4.78 is 0. The van der Waals surface area contributed by atoms with E-state index in [1.54, 1.807) is 0 Å². The first-order valence-electron chi connectivity index (χ1n) is 10.4. The summed E-state index contributed by atoms with van der Waals surface area (Å²) in [4.78, 5) is 19.9. The van der Waals surface area contributed by atoms with Gasteiger partial charge < -0.3 is 9.80 Å². The minimum absolute atomic E-state index is 0.105. The highest BCUT2D eigenvalue weighted by molar-refractivity contribution is 7.80. The fourth-order valence-electron chi connectivity index (χ4n) is 4.69. The van der Waals surface area contributed by atoms with E-state index in [9.17, 15) is 4.79 Å². The molecule has 0 bridgehead atoms. The summed E-state index contributed by atoms with van der Waals surface area (Å²) in [5.41, 5.74) is 3.56. The SMILES string of the molecule is CCCN1C(=O)C2CCCCC2N2C(=S)N(CN(CC)CC(C)C)NC12. The number of hydrogen-bond acceptors (Lipinski definition) is 4. The van der Waals surface area contributed by atoms with Crippen molar-refractivity contribution in [1.29, 1.82) is 0 Å². The Hall–Kier alpha value is -0.920. The highest BCUT2D eigenvalue weighted by Crippen LogP contribution is 2.38. The molecule has 3 fully saturated rings. The van der Waals surface area contributed by atoms with E-state index in [4.69, 9.17) is 12.2 Å². The fraction of sp³-hybridized carbons (Fsp3) is 0.895. The van der Waals surface area contributed by atoms with Crippen molar-refractivity contribution in [2.24, 2.45) is 11.8 Å². The van der Waals surface area contributed by atoms with Crippen LogP contribution >= 0.6 is 12.2 Å². The summed E-state index contributed by atoms with van der Waals surface area (Å²) in [6.45, 7) is 12.4. The highest BCUT2D eigenvalue weighted by atomic mass is 32.1. The third kappa shape index (κ3) is 3.71. The van der Waals surface area contributed by atoms with E-state index in [-0.39, 0.29) is 18.2 Å². The number of hydrazine groups is 1. The number of amides is 1. The van der Waals surface area contributed by atoms with Gasteiger partial charge in [-0.15, -0.1) is 0 Å². The van der Waals surface area contributed by atoms with E-state index in [0.29, 0.717) is 11.8 Å². The quantitative estimate of drug-likeness (QED) is 0.683. The third-order valence-electron chi connectivity index (χ3n) is 5.85. The Kier molecular flexibility index (Phi) is 6.41. The van der Waals surface area contributed by atoms with Crippen molar-refractivity contribution in [1.82, 2.24) is 25.1 Å². The second-order valence-corrected chi connectivity index (χ2v) is 8.68. The average molecular weight is 382 g/mol. The molecule has 0 aromatic rings. The average Bonchev–Trinajstić information content (AvgIpc) is 2.94. The second-order valence-electron chi connectivity index (χ2n) is 8.32. The zero-order valence-corrected chi connectivity index (χ0v) is 17.6. The zero-order valence-electron chi connectivity index (χ0n) is 16.8. The molecule has 3 aliphatic rings. The molecule has 2 saturated heterocycles. The molecule has 148 valence electrons. The predicted octanol–water partition coefficient (Wildman–Crippen LogP) is 2.42. The van der Waals surface area contributed by atoms with Gasteiger partial charge in [0.2, 0.25) is 5.91 Å². The van der Waals surface area contributed by atoms with E-state index >= 15 is 0 Å². The molecule has 2 aliphatic heterocycles. The maximum absolute atomic E-state index is 13.1. The summed E-state index contributed by atoms with van der Waals surface area (Å²) in [5.74, 6) is 1.06. The van der Waals surface area contributed by atoms with Crippen LogP contribution in [0.4, 0.5) is 0 Å². The molecule has 3 unspecified atom stereocenters. The summed E-state index contributed by atoms with van der Waals surface area (Å²) in [5, 5.41) is 2.96. The number of carbonyl (C=O) groups excluding carboxylic acids is 1. The maximum Gasteiger partial charge on any atom is 0.230 e. The van der Waals surface area contributed by atoms with E-state index in [1.807, 2.05) is 4.90 Å². The number of nitrogens with one attached hydrogen (secondary N) is 1. The van der Waals surface area contributed by atoms with Gasteiger partial charge in [0.1, 0.15) is 0 Å². The fourth-order valence-corrected chi connectivity index (χ4v) is 5.03. The zero-order chi connectivity index (χ0) is 18.8. The molecule has 2 heterocycles. The second kappa shape index (κ2) is 8.40. The molecule has 1 amide bonds. The van der Waals surface area contributed by atoms with Gasteiger partial charge in [-0.2, -0.15) is 5.43 Å². The number of nitrogens with zero attached hydrogens (tertiary/aromatic N) is 4. The van der Waals surface area contributed by atoms with Crippen LogP contribution in [0.25, 0.3) is 0 Å². The van der Waals surface area contributed by atoms with Crippen LogP contribution in [0.15, 0.2) is 0 Å². The van der Waals surface area contributed by atoms with Gasteiger partial charge in [-0.25, -0.2) is 0 Å². The lowest BCUT2D eigenvalue weighted by molar-refractivity contribution is -0.155. The molecule has 0 aromatic carbocycles. The van der Waals surface area contributed by atoms with Crippen molar-refractivity contribution < 1.29 is 4.79 Å². The Morgan fingerprint density at radius 3 is 2.65 bits per heavy atom. The van der Waals surface area contributed by atoms with Gasteiger partial charge in [-0.05, 0) is 43.9 Å². The van der Waals surface area contributed by atoms with Gasteiger partial charge in [0.15, 0.2) is 11.4 Å². The van der Waals surface area contributed by atoms with Gasteiger partial charge in [0, 0.05) is 19.1 Å². The molecule has 3 atom stereocenters. The number of rotatable bonds is 7. The van der Waals surface area contributed by atoms with E-state index in [1.165, 1.54) is 6.42 Å². The Labute approximate surface area is 163 Å². The van der Waals surface area contributed by atoms with Crippen LogP contribution in [0.1, 0.15) is 59.8 Å². The molecule has 1 aliphatic carbocycles. The first kappa shape index (κ1) is 19.8. The Balaban J connectivity index is 1.80. The lowest BCUT2D eigenvalue weighted by atomic mass is 9.81. The van der Waals surface area contributed by atoms with E-state index in [2.05, 4.69) is 47.9 Å². The van der Waals surface area contributed by atoms with Gasteiger partial charge >= 0.3 is 0 Å². The van der Waals surface area contributed by atoms with Crippen molar-refractivity contribution in [2.45, 2.75) is 72.1 Å². The van der Waals surface area contributed by atoms with Crippen molar-refractivity contribution in [3.63, 3.8) is 0 Å². The minimum Gasteiger partial charge on any atom is -0.310 e. The summed E-state index contributed by atoms with van der Waals surface area (Å²) in [6, 6.07) is 0.263. The summed E-state index contributed by atoms with van der Waals surface area (Å²) in [6.07, 6.45) is 5.30. The number of thiocarbonyl (C=S) groups is 1. The van der Waals surface area contributed by atoms with Crippen LogP contribution in [0.3, 0.4) is 0 Å². The van der Waals surface area contributed by atoms with Crippen molar-refractivity contribution in [3.05, 3.63) is 0 Å². The largest absolute Gasteiger partial charge is 0.310 e. The molecule has 3 rings (SSSR count). The van der Waals surface area contributed by atoms with Crippen LogP contribution in [-0.2, 0) is 4.79 Å². The molecule has 0 aromatic heterocycles. The smallest absolute Gasteiger partial charge is 0.230 e. The first-order chi connectivity index (χ1) is 12.5. The minimum atomic E-state index is -0.105. The number of fused-ring (bicyclic) bond motifs is 3. The van der Waals surface area contributed by atoms with Gasteiger partial charge in [0.25, 0.3) is 0 Å². The van der Waals surface area contributed by atoms with Gasteiger partial charge in [-0.1, -0.05) is 40.5 Å². The van der Waals surface area contributed by atoms with Gasteiger partial charge in [0.05, 0.1) is 12.6 Å². The van der Waals surface area contributed by atoms with Crippen LogP contribution in [-0.4, -0.2) is 69.4 Å². The Morgan fingerprint density at radius 2 is 2.00 bits per heavy atom. The third-order valence-corrected chi connectivity index (χ3v) is 6.28. The van der Waals surface area contributed by atoms with Crippen LogP contribution in [0.2, 0.25) is 0 Å². The Bertz CT molecular complexity index is 528. The Morgan fingerprint density at radius 1 is 1.27 bits per heavy atom. The lowest BCUT2D eigenvalue weighted by Gasteiger charge is -2.49.